The third-order valence-corrected chi connectivity index (χ3v) is 4.90. The van der Waals surface area contributed by atoms with E-state index in [2.05, 4.69) is 10.1 Å². The number of carboxylic acids is 1. The molecule has 8 heteroatoms. The number of rotatable bonds is 8. The number of hydrogen-bond donors (Lipinski definition) is 1. The summed E-state index contributed by atoms with van der Waals surface area (Å²) in [5, 5.41) is 17.2. The number of thiophene rings is 1. The van der Waals surface area contributed by atoms with Crippen LogP contribution >= 0.6 is 11.3 Å². The number of benzene rings is 1. The molecule has 2 aromatic heterocycles. The van der Waals surface area contributed by atoms with Gasteiger partial charge in [0.05, 0.1) is 0 Å². The maximum atomic E-state index is 12.5. The number of carbonyl (C=O) groups is 2. The summed E-state index contributed by atoms with van der Waals surface area (Å²) in [6, 6.07) is 10.2. The molecule has 2 heterocycles. The predicted molar refractivity (Wildman–Crippen MR) is 100 cm³/mol. The number of aromatic nitrogens is 2. The van der Waals surface area contributed by atoms with Gasteiger partial charge in [0.15, 0.2) is 0 Å². The highest BCUT2D eigenvalue weighted by Gasteiger charge is 2.27. The van der Waals surface area contributed by atoms with E-state index in [0.29, 0.717) is 11.7 Å². The van der Waals surface area contributed by atoms with Gasteiger partial charge < -0.3 is 14.5 Å². The molecule has 0 aliphatic heterocycles. The van der Waals surface area contributed by atoms with Gasteiger partial charge in [-0.05, 0) is 17.0 Å². The van der Waals surface area contributed by atoms with Crippen molar-refractivity contribution in [2.45, 2.75) is 25.3 Å². The van der Waals surface area contributed by atoms with Gasteiger partial charge >= 0.3 is 5.97 Å². The third-order valence-electron chi connectivity index (χ3n) is 4.22. The minimum atomic E-state index is -1.03. The van der Waals surface area contributed by atoms with Gasteiger partial charge in [0.2, 0.25) is 17.6 Å². The van der Waals surface area contributed by atoms with Gasteiger partial charge in [-0.25, -0.2) is 4.79 Å². The van der Waals surface area contributed by atoms with Crippen LogP contribution in [0.25, 0.3) is 11.4 Å². The van der Waals surface area contributed by atoms with Gasteiger partial charge in [0, 0.05) is 37.3 Å². The Morgan fingerprint density at radius 2 is 2.04 bits per heavy atom. The van der Waals surface area contributed by atoms with Gasteiger partial charge in [0.1, 0.15) is 6.04 Å². The summed E-state index contributed by atoms with van der Waals surface area (Å²) in [5.74, 6) is -0.478. The van der Waals surface area contributed by atoms with Gasteiger partial charge in [-0.1, -0.05) is 35.5 Å². The molecular weight excluding hydrogens is 366 g/mol. The van der Waals surface area contributed by atoms with E-state index < -0.39 is 12.0 Å². The minimum Gasteiger partial charge on any atom is -0.480 e. The fourth-order valence-corrected chi connectivity index (χ4v) is 3.29. The number of carbonyl (C=O) groups excluding carboxylic acids is 1. The van der Waals surface area contributed by atoms with E-state index >= 15 is 0 Å². The van der Waals surface area contributed by atoms with E-state index in [1.807, 2.05) is 47.2 Å². The Bertz CT molecular complexity index is 893. The first-order valence-electron chi connectivity index (χ1n) is 8.42. The number of likely N-dealkylation sites (N-methyl/N-ethyl adjacent to an activating group) is 1. The van der Waals surface area contributed by atoms with E-state index in [-0.39, 0.29) is 25.2 Å². The summed E-state index contributed by atoms with van der Waals surface area (Å²) in [4.78, 5) is 29.6. The number of aliphatic carboxylic acids is 1. The Morgan fingerprint density at radius 1 is 1.26 bits per heavy atom. The fraction of sp³-hybridized carbons (Fsp3) is 0.263. The molecule has 0 spiro atoms. The van der Waals surface area contributed by atoms with Crippen LogP contribution in [0.5, 0.6) is 0 Å². The van der Waals surface area contributed by atoms with E-state index in [1.165, 1.54) is 23.3 Å². The summed E-state index contributed by atoms with van der Waals surface area (Å²) in [5.41, 5.74) is 1.73. The zero-order valence-electron chi connectivity index (χ0n) is 14.7. The Labute approximate surface area is 160 Å². The summed E-state index contributed by atoms with van der Waals surface area (Å²) >= 11 is 1.53. The maximum absolute atomic E-state index is 12.5. The van der Waals surface area contributed by atoms with Crippen molar-refractivity contribution >= 4 is 23.2 Å². The molecule has 0 saturated heterocycles. The van der Waals surface area contributed by atoms with Crippen molar-refractivity contribution in [3.8, 4) is 11.4 Å². The third kappa shape index (κ3) is 4.79. The van der Waals surface area contributed by atoms with Gasteiger partial charge in [-0.2, -0.15) is 16.3 Å². The van der Waals surface area contributed by atoms with Crippen molar-refractivity contribution in [1.82, 2.24) is 15.0 Å². The molecule has 0 radical (unpaired) electrons. The van der Waals surface area contributed by atoms with E-state index in [4.69, 9.17) is 4.52 Å². The van der Waals surface area contributed by atoms with Crippen LogP contribution in [0.1, 0.15) is 17.9 Å². The maximum Gasteiger partial charge on any atom is 0.326 e. The summed E-state index contributed by atoms with van der Waals surface area (Å²) in [6.45, 7) is 0. The smallest absolute Gasteiger partial charge is 0.326 e. The molecule has 3 aromatic rings. The van der Waals surface area contributed by atoms with Gasteiger partial charge in [0.25, 0.3) is 0 Å². The molecule has 0 aliphatic carbocycles. The lowest BCUT2D eigenvalue weighted by Crippen LogP contribution is -2.43. The second kappa shape index (κ2) is 8.59. The zero-order chi connectivity index (χ0) is 19.2. The van der Waals surface area contributed by atoms with Crippen LogP contribution < -0.4 is 0 Å². The number of nitrogens with zero attached hydrogens (tertiary/aromatic N) is 3. The highest BCUT2D eigenvalue weighted by molar-refractivity contribution is 7.08. The lowest BCUT2D eigenvalue weighted by Gasteiger charge is -2.25. The Kier molecular flexibility index (Phi) is 5.97. The van der Waals surface area contributed by atoms with Crippen molar-refractivity contribution in [3.63, 3.8) is 0 Å². The molecule has 0 fully saturated rings. The van der Waals surface area contributed by atoms with Crippen molar-refractivity contribution < 1.29 is 19.2 Å². The normalized spacial score (nSPS) is 11.9. The van der Waals surface area contributed by atoms with Gasteiger partial charge in [-0.15, -0.1) is 0 Å². The lowest BCUT2D eigenvalue weighted by molar-refractivity contribution is -0.149. The number of hydrogen-bond acceptors (Lipinski definition) is 6. The molecule has 1 amide bonds. The first kappa shape index (κ1) is 18.8. The van der Waals surface area contributed by atoms with Crippen LogP contribution in [0.15, 0.2) is 51.7 Å². The van der Waals surface area contributed by atoms with Crippen LogP contribution in [-0.4, -0.2) is 45.1 Å². The quantitative estimate of drug-likeness (QED) is 0.640. The molecule has 1 atom stereocenters. The van der Waals surface area contributed by atoms with Crippen LogP contribution in [0.4, 0.5) is 0 Å². The van der Waals surface area contributed by atoms with E-state index in [0.717, 1.165) is 11.1 Å². The molecule has 1 unspecified atom stereocenters. The average Bonchev–Trinajstić information content (AvgIpc) is 3.35. The van der Waals surface area contributed by atoms with Crippen molar-refractivity contribution in [3.05, 3.63) is 58.6 Å². The Hall–Kier alpha value is -3.00. The standard InChI is InChI=1S/C19H19N3O4S/c1-22(15(19(24)25)11-13-5-3-2-4-6-13)17(23)8-7-16-20-18(21-26-16)14-9-10-27-12-14/h2-6,9-10,12,15H,7-8,11H2,1H3,(H,24,25). The number of amides is 1. The van der Waals surface area contributed by atoms with Crippen molar-refractivity contribution in [2.75, 3.05) is 7.05 Å². The highest BCUT2D eigenvalue weighted by Crippen LogP contribution is 2.19. The van der Waals surface area contributed by atoms with Gasteiger partial charge in [-0.3, -0.25) is 4.79 Å². The summed E-state index contributed by atoms with van der Waals surface area (Å²) < 4.78 is 5.18. The highest BCUT2D eigenvalue weighted by atomic mass is 32.1. The van der Waals surface area contributed by atoms with Crippen LogP contribution in [0.2, 0.25) is 0 Å². The summed E-state index contributed by atoms with van der Waals surface area (Å²) in [7, 11) is 1.51. The molecule has 1 N–H and O–H groups in total. The topological polar surface area (TPSA) is 96.5 Å². The molecule has 3 rings (SSSR count). The van der Waals surface area contributed by atoms with Crippen LogP contribution in [0.3, 0.4) is 0 Å². The SMILES string of the molecule is CN(C(=O)CCc1nc(-c2ccsc2)no1)C(Cc1ccccc1)C(=O)O. The summed E-state index contributed by atoms with van der Waals surface area (Å²) in [6.07, 6.45) is 0.611. The predicted octanol–water partition coefficient (Wildman–Crippen LogP) is 2.89. The first-order valence-corrected chi connectivity index (χ1v) is 9.36. The van der Waals surface area contributed by atoms with E-state index in [9.17, 15) is 14.7 Å². The Morgan fingerprint density at radius 3 is 2.70 bits per heavy atom. The monoisotopic (exact) mass is 385 g/mol. The second-order valence-electron chi connectivity index (χ2n) is 6.07. The van der Waals surface area contributed by atoms with Crippen LogP contribution in [-0.2, 0) is 22.4 Å². The molecule has 140 valence electrons. The lowest BCUT2D eigenvalue weighted by atomic mass is 10.0. The van der Waals surface area contributed by atoms with Crippen molar-refractivity contribution in [2.24, 2.45) is 0 Å². The largest absolute Gasteiger partial charge is 0.480 e. The number of carboxylic acid groups (broad SMARTS) is 1. The molecule has 7 nitrogen and oxygen atoms in total. The van der Waals surface area contributed by atoms with Crippen molar-refractivity contribution in [1.29, 1.82) is 0 Å². The molecule has 1 aromatic carbocycles. The van der Waals surface area contributed by atoms with E-state index in [1.54, 1.807) is 0 Å². The molecule has 0 aliphatic rings. The fourth-order valence-electron chi connectivity index (χ4n) is 2.66. The Balaban J connectivity index is 1.59. The second-order valence-corrected chi connectivity index (χ2v) is 6.85. The zero-order valence-corrected chi connectivity index (χ0v) is 15.6. The molecule has 27 heavy (non-hydrogen) atoms. The molecular formula is C19H19N3O4S. The van der Waals surface area contributed by atoms with Crippen LogP contribution in [0, 0.1) is 0 Å². The minimum absolute atomic E-state index is 0.0976. The number of aryl methyl sites for hydroxylation is 1. The average molecular weight is 385 g/mol. The first-order chi connectivity index (χ1) is 13.0. The molecule has 0 bridgehead atoms. The molecule has 0 saturated carbocycles.